The van der Waals surface area contributed by atoms with E-state index in [2.05, 4.69) is 16.0 Å². The molecule has 3 heterocycles. The molecule has 126 valence electrons. The maximum atomic E-state index is 12.3. The van der Waals surface area contributed by atoms with Gasteiger partial charge in [-0.1, -0.05) is 0 Å². The van der Waals surface area contributed by atoms with Crippen LogP contribution in [-0.4, -0.2) is 15.9 Å². The summed E-state index contributed by atoms with van der Waals surface area (Å²) in [5, 5.41) is 3.63. The zero-order chi connectivity index (χ0) is 17.8. The molecule has 3 aromatic heterocycles. The Morgan fingerprint density at radius 1 is 0.769 bits per heavy atom. The number of carbonyl (C=O) groups excluding carboxylic acids is 1. The fourth-order valence-electron chi connectivity index (χ4n) is 2.63. The van der Waals surface area contributed by atoms with Crippen molar-refractivity contribution in [3.05, 3.63) is 89.6 Å². The summed E-state index contributed by atoms with van der Waals surface area (Å²) in [6, 6.07) is 15.3. The minimum Gasteiger partial charge on any atom is -0.423 e. The van der Waals surface area contributed by atoms with Crippen molar-refractivity contribution >= 4 is 17.3 Å². The average Bonchev–Trinajstić information content (AvgIpc) is 3.24. The second-order valence-corrected chi connectivity index (χ2v) is 6.40. The number of pyridine rings is 2. The van der Waals surface area contributed by atoms with E-state index in [1.165, 1.54) is 11.3 Å². The molecule has 0 saturated heterocycles. The number of esters is 1. The molecule has 26 heavy (non-hydrogen) atoms. The van der Waals surface area contributed by atoms with Gasteiger partial charge >= 0.3 is 5.97 Å². The molecule has 0 amide bonds. The Kier molecular flexibility index (Phi) is 4.53. The highest BCUT2D eigenvalue weighted by Crippen LogP contribution is 2.31. The van der Waals surface area contributed by atoms with E-state index >= 15 is 0 Å². The van der Waals surface area contributed by atoms with Gasteiger partial charge in [0.2, 0.25) is 0 Å². The minimum absolute atomic E-state index is 0.362. The lowest BCUT2D eigenvalue weighted by molar-refractivity contribution is 0.0735. The second kappa shape index (κ2) is 7.29. The first-order valence-corrected chi connectivity index (χ1v) is 8.94. The fraction of sp³-hybridized carbons (Fsp3) is 0. The monoisotopic (exact) mass is 358 g/mol. The van der Waals surface area contributed by atoms with Crippen molar-refractivity contribution in [2.45, 2.75) is 0 Å². The van der Waals surface area contributed by atoms with Gasteiger partial charge in [-0.25, -0.2) is 4.79 Å². The van der Waals surface area contributed by atoms with E-state index in [9.17, 15) is 4.79 Å². The molecule has 0 atom stereocenters. The van der Waals surface area contributed by atoms with Gasteiger partial charge in [0.15, 0.2) is 0 Å². The van der Waals surface area contributed by atoms with Crippen molar-refractivity contribution in [1.82, 2.24) is 9.97 Å². The number of hydrogen-bond acceptors (Lipinski definition) is 5. The summed E-state index contributed by atoms with van der Waals surface area (Å²) < 4.78 is 5.62. The lowest BCUT2D eigenvalue weighted by Crippen LogP contribution is -2.07. The molecule has 5 heteroatoms. The Morgan fingerprint density at radius 3 is 1.85 bits per heavy atom. The van der Waals surface area contributed by atoms with Crippen LogP contribution in [0.15, 0.2) is 84.1 Å². The van der Waals surface area contributed by atoms with Gasteiger partial charge in [-0.3, -0.25) is 9.97 Å². The summed E-state index contributed by atoms with van der Waals surface area (Å²) in [6.07, 6.45) is 6.97. The Bertz CT molecular complexity index is 959. The summed E-state index contributed by atoms with van der Waals surface area (Å²) in [4.78, 5) is 20.5. The number of nitrogens with zero attached hydrogens (tertiary/aromatic N) is 2. The summed E-state index contributed by atoms with van der Waals surface area (Å²) in [5.41, 5.74) is 4.46. The molecule has 0 aliphatic heterocycles. The second-order valence-electron chi connectivity index (χ2n) is 5.62. The Hall–Kier alpha value is -3.31. The van der Waals surface area contributed by atoms with Gasteiger partial charge in [0.25, 0.3) is 0 Å². The molecular weight excluding hydrogens is 344 g/mol. The number of benzene rings is 1. The number of hydrogen-bond donors (Lipinski definition) is 0. The third kappa shape index (κ3) is 3.53. The van der Waals surface area contributed by atoms with Crippen molar-refractivity contribution in [2.24, 2.45) is 0 Å². The third-order valence-electron chi connectivity index (χ3n) is 3.90. The Morgan fingerprint density at radius 2 is 1.35 bits per heavy atom. The Labute approximate surface area is 154 Å². The van der Waals surface area contributed by atoms with E-state index in [4.69, 9.17) is 4.74 Å². The molecule has 0 aliphatic rings. The van der Waals surface area contributed by atoms with Crippen molar-refractivity contribution in [2.75, 3.05) is 0 Å². The fourth-order valence-corrected chi connectivity index (χ4v) is 3.25. The van der Waals surface area contributed by atoms with Crippen LogP contribution in [0.2, 0.25) is 0 Å². The first-order valence-electron chi connectivity index (χ1n) is 8.00. The van der Waals surface area contributed by atoms with E-state index in [0.717, 1.165) is 22.3 Å². The molecule has 1 aromatic carbocycles. The zero-order valence-electron chi connectivity index (χ0n) is 13.7. The van der Waals surface area contributed by atoms with E-state index in [1.807, 2.05) is 41.8 Å². The van der Waals surface area contributed by atoms with Crippen LogP contribution in [0.1, 0.15) is 10.4 Å². The third-order valence-corrected chi connectivity index (χ3v) is 4.58. The smallest absolute Gasteiger partial charge is 0.344 e. The number of aromatic nitrogens is 2. The number of ether oxygens (including phenoxy) is 1. The van der Waals surface area contributed by atoms with Crippen molar-refractivity contribution in [3.8, 4) is 28.0 Å². The molecule has 0 N–H and O–H groups in total. The number of thiophene rings is 1. The zero-order valence-corrected chi connectivity index (χ0v) is 14.5. The molecule has 4 rings (SSSR count). The summed E-state index contributed by atoms with van der Waals surface area (Å²) in [6.45, 7) is 0. The van der Waals surface area contributed by atoms with Crippen LogP contribution in [0.3, 0.4) is 0 Å². The van der Waals surface area contributed by atoms with E-state index < -0.39 is 0 Å². The predicted molar refractivity (Wildman–Crippen MR) is 102 cm³/mol. The van der Waals surface area contributed by atoms with Crippen LogP contribution in [0.5, 0.6) is 5.75 Å². The molecule has 0 radical (unpaired) electrons. The Balaban J connectivity index is 1.76. The summed E-state index contributed by atoms with van der Waals surface area (Å²) >= 11 is 1.46. The SMILES string of the molecule is O=C(Oc1cc(-c2ccncc2)cc(-c2ccncc2)c1)c1ccsc1. The minimum atomic E-state index is -0.362. The van der Waals surface area contributed by atoms with Crippen LogP contribution in [0, 0.1) is 0 Å². The topological polar surface area (TPSA) is 52.1 Å². The van der Waals surface area contributed by atoms with Crippen LogP contribution < -0.4 is 4.74 Å². The number of carbonyl (C=O) groups is 1. The number of rotatable bonds is 4. The maximum Gasteiger partial charge on any atom is 0.344 e. The van der Waals surface area contributed by atoms with Crippen molar-refractivity contribution in [3.63, 3.8) is 0 Å². The normalized spacial score (nSPS) is 10.5. The van der Waals surface area contributed by atoms with Crippen LogP contribution in [-0.2, 0) is 0 Å². The van der Waals surface area contributed by atoms with E-state index in [0.29, 0.717) is 11.3 Å². The highest BCUT2D eigenvalue weighted by molar-refractivity contribution is 7.08. The highest BCUT2D eigenvalue weighted by atomic mass is 32.1. The molecule has 4 aromatic rings. The molecule has 0 fully saturated rings. The summed E-state index contributed by atoms with van der Waals surface area (Å²) in [7, 11) is 0. The van der Waals surface area contributed by atoms with Gasteiger partial charge in [-0.05, 0) is 76.2 Å². The molecule has 0 unspecified atom stereocenters. The van der Waals surface area contributed by atoms with Gasteiger partial charge in [0, 0.05) is 30.2 Å². The van der Waals surface area contributed by atoms with Crippen molar-refractivity contribution < 1.29 is 9.53 Å². The van der Waals surface area contributed by atoms with Gasteiger partial charge < -0.3 is 4.74 Å². The van der Waals surface area contributed by atoms with Crippen molar-refractivity contribution in [1.29, 1.82) is 0 Å². The lowest BCUT2D eigenvalue weighted by Gasteiger charge is -2.10. The molecular formula is C21H14N2O2S. The molecule has 0 aliphatic carbocycles. The van der Waals surface area contributed by atoms with E-state index in [1.54, 1.807) is 36.2 Å². The van der Waals surface area contributed by atoms with Gasteiger partial charge in [-0.2, -0.15) is 11.3 Å². The largest absolute Gasteiger partial charge is 0.423 e. The first kappa shape index (κ1) is 16.2. The molecule has 0 bridgehead atoms. The van der Waals surface area contributed by atoms with Gasteiger partial charge in [0.05, 0.1) is 5.56 Å². The van der Waals surface area contributed by atoms with E-state index in [-0.39, 0.29) is 5.97 Å². The van der Waals surface area contributed by atoms with Crippen LogP contribution >= 0.6 is 11.3 Å². The predicted octanol–water partition coefficient (Wildman–Crippen LogP) is 5.09. The van der Waals surface area contributed by atoms with Gasteiger partial charge in [-0.15, -0.1) is 0 Å². The quantitative estimate of drug-likeness (QED) is 0.377. The molecule has 0 spiro atoms. The van der Waals surface area contributed by atoms with Gasteiger partial charge in [0.1, 0.15) is 5.75 Å². The van der Waals surface area contributed by atoms with Crippen LogP contribution in [0.25, 0.3) is 22.3 Å². The summed E-state index contributed by atoms with van der Waals surface area (Å²) in [5.74, 6) is 0.140. The highest BCUT2D eigenvalue weighted by Gasteiger charge is 2.12. The average molecular weight is 358 g/mol. The van der Waals surface area contributed by atoms with Crippen LogP contribution in [0.4, 0.5) is 0 Å². The standard InChI is InChI=1S/C21H14N2O2S/c24-21(17-5-10-26-14-17)25-20-12-18(15-1-6-22-7-2-15)11-19(13-20)16-3-8-23-9-4-16/h1-14H. The molecule has 0 saturated carbocycles. The lowest BCUT2D eigenvalue weighted by atomic mass is 10.00. The maximum absolute atomic E-state index is 12.3. The molecule has 4 nitrogen and oxygen atoms in total. The first-order chi connectivity index (χ1) is 12.8.